The van der Waals surface area contributed by atoms with Crippen LogP contribution < -0.4 is 4.74 Å². The van der Waals surface area contributed by atoms with Crippen LogP contribution in [0.4, 0.5) is 4.39 Å². The van der Waals surface area contributed by atoms with Gasteiger partial charge in [0.2, 0.25) is 0 Å². The lowest BCUT2D eigenvalue weighted by Gasteiger charge is -2.39. The van der Waals surface area contributed by atoms with E-state index >= 15 is 0 Å². The van der Waals surface area contributed by atoms with Crippen molar-refractivity contribution in [1.29, 1.82) is 0 Å². The van der Waals surface area contributed by atoms with E-state index in [0.717, 1.165) is 6.07 Å². The fraction of sp³-hybridized carbons (Fsp3) is 0.550. The molecule has 2 aliphatic rings. The maximum atomic E-state index is 14.4. The molecule has 0 radical (unpaired) electrons. The second kappa shape index (κ2) is 7.48. The summed E-state index contributed by atoms with van der Waals surface area (Å²) in [6.45, 7) is 3.57. The second-order valence-corrected chi connectivity index (χ2v) is 7.41. The highest BCUT2D eigenvalue weighted by molar-refractivity contribution is 5.93. The maximum absolute atomic E-state index is 14.4. The number of hydrogen-bond donors (Lipinski definition) is 2. The number of allylic oxidation sites excluding steroid dienone is 1. The molecule has 1 heterocycles. The van der Waals surface area contributed by atoms with E-state index in [1.54, 1.807) is 6.92 Å². The lowest BCUT2D eigenvalue weighted by Crippen LogP contribution is -2.45. The quantitative estimate of drug-likeness (QED) is 0.789. The minimum Gasteiger partial charge on any atom is -0.504 e. The molecule has 1 aromatic rings. The summed E-state index contributed by atoms with van der Waals surface area (Å²) in [4.78, 5) is 12.3. The third-order valence-electron chi connectivity index (χ3n) is 5.47. The van der Waals surface area contributed by atoms with Crippen molar-refractivity contribution >= 4 is 5.78 Å². The zero-order valence-electron chi connectivity index (χ0n) is 15.7. The van der Waals surface area contributed by atoms with Gasteiger partial charge in [-0.2, -0.15) is 0 Å². The summed E-state index contributed by atoms with van der Waals surface area (Å²) in [6.07, 6.45) is 1.81. The van der Waals surface area contributed by atoms with Crippen LogP contribution in [0.25, 0.3) is 0 Å². The molecule has 0 bridgehead atoms. The van der Waals surface area contributed by atoms with Crippen LogP contribution in [0.3, 0.4) is 0 Å². The fourth-order valence-corrected chi connectivity index (χ4v) is 4.03. The van der Waals surface area contributed by atoms with Gasteiger partial charge in [-0.15, -0.1) is 0 Å². The van der Waals surface area contributed by atoms with Crippen LogP contribution in [0.5, 0.6) is 11.5 Å². The predicted octanol–water partition coefficient (Wildman–Crippen LogP) is 2.71. The Morgan fingerprint density at radius 3 is 2.81 bits per heavy atom. The van der Waals surface area contributed by atoms with Gasteiger partial charge >= 0.3 is 0 Å². The number of carbonyl (C=O) groups excluding carboxylic acids is 1. The number of aliphatic hydroxyl groups is 1. The first-order chi connectivity index (χ1) is 12.8. The van der Waals surface area contributed by atoms with Gasteiger partial charge in [-0.05, 0) is 43.7 Å². The normalized spacial score (nSPS) is 26.8. The number of ketones is 1. The highest BCUT2D eigenvalue weighted by Crippen LogP contribution is 2.47. The molecular formula is C20H25FO6. The summed E-state index contributed by atoms with van der Waals surface area (Å²) < 4.78 is 30.8. The Balaban J connectivity index is 1.88. The zero-order valence-corrected chi connectivity index (χ0v) is 15.7. The largest absolute Gasteiger partial charge is 0.504 e. The molecule has 1 fully saturated rings. The van der Waals surface area contributed by atoms with E-state index < -0.39 is 17.5 Å². The third-order valence-corrected chi connectivity index (χ3v) is 5.47. The van der Waals surface area contributed by atoms with Crippen LogP contribution in [-0.4, -0.2) is 41.6 Å². The fourth-order valence-electron chi connectivity index (χ4n) is 4.03. The van der Waals surface area contributed by atoms with Crippen molar-refractivity contribution in [3.8, 4) is 11.5 Å². The number of aliphatic hydroxyl groups excluding tert-OH is 1. The monoisotopic (exact) mass is 380 g/mol. The maximum Gasteiger partial charge on any atom is 0.189 e. The van der Waals surface area contributed by atoms with Gasteiger partial charge in [0.05, 0.1) is 13.2 Å². The molecule has 6 nitrogen and oxygen atoms in total. The average molecular weight is 380 g/mol. The molecular weight excluding hydrogens is 355 g/mol. The summed E-state index contributed by atoms with van der Waals surface area (Å²) in [5, 5.41) is 19.7. The molecule has 0 amide bonds. The summed E-state index contributed by atoms with van der Waals surface area (Å²) >= 11 is 0. The molecule has 1 aromatic carbocycles. The predicted molar refractivity (Wildman–Crippen MR) is 94.7 cm³/mol. The molecule has 1 aliphatic carbocycles. The van der Waals surface area contributed by atoms with Gasteiger partial charge in [0.1, 0.15) is 17.2 Å². The molecule has 0 spiro atoms. The minimum atomic E-state index is -0.852. The average Bonchev–Trinajstić information content (AvgIpc) is 3.01. The van der Waals surface area contributed by atoms with Crippen LogP contribution in [0.2, 0.25) is 0 Å². The van der Waals surface area contributed by atoms with E-state index in [1.807, 2.05) is 6.92 Å². The number of halogens is 1. The van der Waals surface area contributed by atoms with E-state index in [9.17, 15) is 19.4 Å². The summed E-state index contributed by atoms with van der Waals surface area (Å²) in [6, 6.07) is 2.50. The van der Waals surface area contributed by atoms with Crippen molar-refractivity contribution in [3.05, 3.63) is 35.3 Å². The summed E-state index contributed by atoms with van der Waals surface area (Å²) in [5.41, 5.74) is -0.524. The standard InChI is InChI=1S/C20H25FO6/c1-11(4-13-6-17(24)18(25-3)7-15(13)21)20-9-14(5-12(2)22)16(23)8-19(20)26-10-27-20/h6-8,11-12,14,22,24H,4-5,9-10H2,1-3H3/t11?,12?,14-,20+/m0/s1. The van der Waals surface area contributed by atoms with E-state index in [-0.39, 0.29) is 42.3 Å². The number of aromatic hydroxyl groups is 1. The van der Waals surface area contributed by atoms with Gasteiger partial charge in [0.25, 0.3) is 0 Å². The number of hydrogen-bond acceptors (Lipinski definition) is 6. The topological polar surface area (TPSA) is 85.2 Å². The minimum absolute atomic E-state index is 0.0290. The number of rotatable bonds is 6. The van der Waals surface area contributed by atoms with E-state index in [0.29, 0.717) is 24.2 Å². The van der Waals surface area contributed by atoms with E-state index in [2.05, 4.69) is 0 Å². The van der Waals surface area contributed by atoms with Crippen molar-refractivity contribution in [1.82, 2.24) is 0 Å². The molecule has 0 aromatic heterocycles. The number of phenolic OH excluding ortho intramolecular Hbond substituents is 1. The Morgan fingerprint density at radius 2 is 2.15 bits per heavy atom. The van der Waals surface area contributed by atoms with Crippen molar-refractivity contribution in [2.24, 2.45) is 11.8 Å². The number of methoxy groups -OCH3 is 1. The zero-order chi connectivity index (χ0) is 19.8. The Kier molecular flexibility index (Phi) is 5.44. The van der Waals surface area contributed by atoms with Crippen LogP contribution in [0.1, 0.15) is 32.3 Å². The lowest BCUT2D eigenvalue weighted by atomic mass is 9.71. The first-order valence-electron chi connectivity index (χ1n) is 9.03. The van der Waals surface area contributed by atoms with E-state index in [1.165, 1.54) is 19.3 Å². The number of benzene rings is 1. The number of carbonyl (C=O) groups is 1. The molecule has 7 heteroatoms. The molecule has 1 saturated heterocycles. The Hall–Kier alpha value is -2.12. The van der Waals surface area contributed by atoms with Crippen LogP contribution in [-0.2, 0) is 20.7 Å². The van der Waals surface area contributed by atoms with Gasteiger partial charge in [-0.3, -0.25) is 4.79 Å². The Morgan fingerprint density at radius 1 is 1.41 bits per heavy atom. The molecule has 148 valence electrons. The molecule has 3 rings (SSSR count). The van der Waals surface area contributed by atoms with Gasteiger partial charge in [-0.1, -0.05) is 6.92 Å². The van der Waals surface area contributed by atoms with Gasteiger partial charge in [-0.25, -0.2) is 4.39 Å². The van der Waals surface area contributed by atoms with Crippen molar-refractivity contribution in [2.75, 3.05) is 13.9 Å². The van der Waals surface area contributed by atoms with Gasteiger partial charge in [0, 0.05) is 18.1 Å². The number of phenols is 1. The third kappa shape index (κ3) is 3.66. The highest BCUT2D eigenvalue weighted by atomic mass is 19.1. The SMILES string of the molecule is COc1cc(F)c(CC(C)[C@]23C[C@H](CC(C)O)C(=O)C=C2OCO3)cc1O. The molecule has 2 N–H and O–H groups in total. The van der Waals surface area contributed by atoms with Crippen LogP contribution in [0.15, 0.2) is 24.0 Å². The number of fused-ring (bicyclic) bond motifs is 1. The summed E-state index contributed by atoms with van der Waals surface area (Å²) in [5.74, 6) is -0.783. The Bertz CT molecular complexity index is 759. The van der Waals surface area contributed by atoms with Crippen molar-refractivity contribution < 1.29 is 33.6 Å². The van der Waals surface area contributed by atoms with Crippen LogP contribution in [0, 0.1) is 17.7 Å². The highest BCUT2D eigenvalue weighted by Gasteiger charge is 2.52. The molecule has 4 atom stereocenters. The van der Waals surface area contributed by atoms with Crippen molar-refractivity contribution in [2.45, 2.75) is 44.8 Å². The smallest absolute Gasteiger partial charge is 0.189 e. The Labute approximate surface area is 157 Å². The first-order valence-corrected chi connectivity index (χ1v) is 9.03. The van der Waals surface area contributed by atoms with Gasteiger partial charge < -0.3 is 24.4 Å². The van der Waals surface area contributed by atoms with E-state index in [4.69, 9.17) is 14.2 Å². The van der Waals surface area contributed by atoms with Crippen LogP contribution >= 0.6 is 0 Å². The molecule has 2 unspecified atom stereocenters. The molecule has 1 aliphatic heterocycles. The van der Waals surface area contributed by atoms with Gasteiger partial charge in [0.15, 0.2) is 24.1 Å². The second-order valence-electron chi connectivity index (χ2n) is 7.41. The van der Waals surface area contributed by atoms with Crippen molar-refractivity contribution in [3.63, 3.8) is 0 Å². The molecule has 0 saturated carbocycles. The molecule has 27 heavy (non-hydrogen) atoms. The first kappa shape index (κ1) is 19.6. The lowest BCUT2D eigenvalue weighted by molar-refractivity contribution is -0.124. The summed E-state index contributed by atoms with van der Waals surface area (Å²) in [7, 11) is 1.36. The number of ether oxygens (including phenoxy) is 3.